The Morgan fingerprint density at radius 3 is 2.45 bits per heavy atom. The van der Waals surface area contributed by atoms with E-state index in [4.69, 9.17) is 15.3 Å². The fraction of sp³-hybridized carbons (Fsp3) is 0.357. The van der Waals surface area contributed by atoms with Crippen LogP contribution in [0, 0.1) is 5.41 Å². The largest absolute Gasteiger partial charge is 0.489 e. The third-order valence-corrected chi connectivity index (χ3v) is 2.42. The van der Waals surface area contributed by atoms with Crippen LogP contribution in [0.4, 0.5) is 18.9 Å². The first-order valence-corrected chi connectivity index (χ1v) is 6.32. The van der Waals surface area contributed by atoms with Gasteiger partial charge in [-0.05, 0) is 26.0 Å². The Balaban J connectivity index is 3.14. The number of nitrogens with zero attached hydrogens (tertiary/aromatic N) is 1. The van der Waals surface area contributed by atoms with Crippen molar-refractivity contribution < 1.29 is 27.8 Å². The maximum atomic E-state index is 12.4. The van der Waals surface area contributed by atoms with E-state index in [-0.39, 0.29) is 17.5 Å². The first-order valence-electron chi connectivity index (χ1n) is 6.32. The lowest BCUT2D eigenvalue weighted by molar-refractivity contribution is -0.129. The number of alkyl halides is 3. The molecule has 0 bridgehead atoms. The lowest BCUT2D eigenvalue weighted by Gasteiger charge is -2.12. The monoisotopic (exact) mass is 316 g/mol. The highest BCUT2D eigenvalue weighted by Gasteiger charge is 2.35. The molecule has 0 aromatic heterocycles. The van der Waals surface area contributed by atoms with Gasteiger partial charge in [-0.15, -0.1) is 0 Å². The Morgan fingerprint density at radius 2 is 1.95 bits per heavy atom. The molecular weight excluding hydrogens is 301 g/mol. The van der Waals surface area contributed by atoms with Crippen LogP contribution in [0.25, 0.3) is 0 Å². The van der Waals surface area contributed by atoms with Crippen molar-refractivity contribution in [1.82, 2.24) is 0 Å². The molecular formula is C14H15F3N2O3. The van der Waals surface area contributed by atoms with Crippen LogP contribution in [-0.2, 0) is 4.79 Å². The van der Waals surface area contributed by atoms with Crippen molar-refractivity contribution in [2.45, 2.75) is 32.5 Å². The summed E-state index contributed by atoms with van der Waals surface area (Å²) < 4.78 is 42.5. The third-order valence-electron chi connectivity index (χ3n) is 2.42. The summed E-state index contributed by atoms with van der Waals surface area (Å²) in [5.74, 6) is -1.36. The molecule has 1 aromatic rings. The van der Waals surface area contributed by atoms with E-state index in [0.29, 0.717) is 0 Å². The van der Waals surface area contributed by atoms with Gasteiger partial charge in [0.15, 0.2) is 0 Å². The fourth-order valence-corrected chi connectivity index (χ4v) is 1.48. The van der Waals surface area contributed by atoms with Gasteiger partial charge in [0.1, 0.15) is 22.9 Å². The Morgan fingerprint density at radius 1 is 1.36 bits per heavy atom. The quantitative estimate of drug-likeness (QED) is 0.787. The maximum absolute atomic E-state index is 12.4. The van der Waals surface area contributed by atoms with E-state index in [2.05, 4.69) is 4.99 Å². The molecule has 0 aliphatic rings. The summed E-state index contributed by atoms with van der Waals surface area (Å²) in [5, 5.41) is 15.9. The number of hydrogen-bond donors (Lipinski definition) is 2. The molecule has 0 fully saturated rings. The van der Waals surface area contributed by atoms with Gasteiger partial charge in [-0.3, -0.25) is 0 Å². The van der Waals surface area contributed by atoms with Crippen molar-refractivity contribution in [1.29, 1.82) is 5.41 Å². The number of rotatable bonds is 6. The molecule has 0 saturated heterocycles. The second-order valence-electron chi connectivity index (χ2n) is 4.65. The summed E-state index contributed by atoms with van der Waals surface area (Å²) in [5.41, 5.74) is -2.35. The van der Waals surface area contributed by atoms with Gasteiger partial charge in [-0.1, -0.05) is 12.1 Å². The van der Waals surface area contributed by atoms with Crippen LogP contribution in [0.3, 0.4) is 0 Å². The summed E-state index contributed by atoms with van der Waals surface area (Å²) >= 11 is 0. The number of carboxylic acids is 1. The molecule has 0 amide bonds. The van der Waals surface area contributed by atoms with Crippen molar-refractivity contribution in [2.75, 3.05) is 0 Å². The number of hydrogen-bond acceptors (Lipinski definition) is 4. The average molecular weight is 316 g/mol. The molecule has 0 spiro atoms. The van der Waals surface area contributed by atoms with E-state index >= 15 is 0 Å². The van der Waals surface area contributed by atoms with Crippen LogP contribution in [-0.4, -0.2) is 34.8 Å². The van der Waals surface area contributed by atoms with Crippen LogP contribution in [0.1, 0.15) is 20.3 Å². The van der Waals surface area contributed by atoms with E-state index in [1.807, 2.05) is 0 Å². The van der Waals surface area contributed by atoms with Crippen LogP contribution in [0.5, 0.6) is 5.75 Å². The van der Waals surface area contributed by atoms with Crippen LogP contribution in [0.2, 0.25) is 0 Å². The Bertz CT molecular complexity index is 595. The van der Waals surface area contributed by atoms with E-state index < -0.39 is 30.0 Å². The number of halogens is 3. The Hall–Kier alpha value is -2.38. The van der Waals surface area contributed by atoms with Crippen molar-refractivity contribution in [3.63, 3.8) is 0 Å². The van der Waals surface area contributed by atoms with Gasteiger partial charge >= 0.3 is 12.1 Å². The van der Waals surface area contributed by atoms with Gasteiger partial charge in [0.2, 0.25) is 0 Å². The minimum atomic E-state index is -4.88. The first kappa shape index (κ1) is 17.7. The molecule has 2 N–H and O–H groups in total. The maximum Gasteiger partial charge on any atom is 0.429 e. The molecule has 5 nitrogen and oxygen atoms in total. The first-order chi connectivity index (χ1) is 10.1. The van der Waals surface area contributed by atoms with Gasteiger partial charge in [0, 0.05) is 6.42 Å². The minimum Gasteiger partial charge on any atom is -0.489 e. The number of aliphatic imine (C=N–C) groups is 1. The summed E-state index contributed by atoms with van der Waals surface area (Å²) in [6, 6.07) is 6.15. The van der Waals surface area contributed by atoms with Gasteiger partial charge in [0.25, 0.3) is 0 Å². The van der Waals surface area contributed by atoms with E-state index in [1.54, 1.807) is 26.0 Å². The van der Waals surface area contributed by atoms with Crippen LogP contribution < -0.4 is 4.74 Å². The molecule has 0 radical (unpaired) electrons. The Labute approximate surface area is 124 Å². The number of benzene rings is 1. The van der Waals surface area contributed by atoms with E-state index in [9.17, 15) is 18.0 Å². The smallest absolute Gasteiger partial charge is 0.429 e. The fourth-order valence-electron chi connectivity index (χ4n) is 1.48. The van der Waals surface area contributed by atoms with Gasteiger partial charge in [-0.2, -0.15) is 13.2 Å². The molecule has 0 atom stereocenters. The zero-order valence-corrected chi connectivity index (χ0v) is 11.9. The summed E-state index contributed by atoms with van der Waals surface area (Å²) in [6.45, 7) is 3.50. The van der Waals surface area contributed by atoms with Crippen molar-refractivity contribution in [3.8, 4) is 5.75 Å². The number of carboxylic acid groups (broad SMARTS) is 1. The average Bonchev–Trinajstić information content (AvgIpc) is 2.38. The number of para-hydroxylation sites is 2. The number of carbonyl (C=O) groups is 1. The second-order valence-corrected chi connectivity index (χ2v) is 4.65. The van der Waals surface area contributed by atoms with Gasteiger partial charge < -0.3 is 15.3 Å². The van der Waals surface area contributed by atoms with Gasteiger partial charge in [0.05, 0.1) is 6.10 Å². The minimum absolute atomic E-state index is 0.101. The highest BCUT2D eigenvalue weighted by molar-refractivity contribution is 6.40. The molecule has 22 heavy (non-hydrogen) atoms. The van der Waals surface area contributed by atoms with Gasteiger partial charge in [-0.25, -0.2) is 9.79 Å². The lowest BCUT2D eigenvalue weighted by atomic mass is 10.1. The number of ether oxygens (including phenoxy) is 1. The summed E-state index contributed by atoms with van der Waals surface area (Å²) in [4.78, 5) is 14.8. The predicted octanol–water partition coefficient (Wildman–Crippen LogP) is 3.60. The topological polar surface area (TPSA) is 82.7 Å². The zero-order chi connectivity index (χ0) is 16.9. The second kappa shape index (κ2) is 7.06. The summed E-state index contributed by atoms with van der Waals surface area (Å²) in [7, 11) is 0. The lowest BCUT2D eigenvalue weighted by Crippen LogP contribution is -2.27. The van der Waals surface area contributed by atoms with E-state index in [1.165, 1.54) is 12.1 Å². The van der Waals surface area contributed by atoms with Crippen molar-refractivity contribution in [3.05, 3.63) is 24.3 Å². The van der Waals surface area contributed by atoms with Crippen molar-refractivity contribution in [2.24, 2.45) is 4.99 Å². The Kier molecular flexibility index (Phi) is 5.67. The highest BCUT2D eigenvalue weighted by atomic mass is 19.4. The van der Waals surface area contributed by atoms with Crippen LogP contribution in [0.15, 0.2) is 29.3 Å². The SMILES string of the molecule is CC(C)Oc1ccccc1N=C(CC(=N)C(F)(F)F)C(=O)O. The zero-order valence-electron chi connectivity index (χ0n) is 11.9. The van der Waals surface area contributed by atoms with Crippen molar-refractivity contribution >= 4 is 23.1 Å². The third kappa shape index (κ3) is 5.19. The molecule has 1 aromatic carbocycles. The summed E-state index contributed by atoms with van der Waals surface area (Å²) in [6.07, 6.45) is -6.21. The molecule has 0 saturated carbocycles. The van der Waals surface area contributed by atoms with Crippen LogP contribution >= 0.6 is 0 Å². The normalized spacial score (nSPS) is 12.4. The molecule has 0 unspecified atom stereocenters. The molecule has 0 aliphatic heterocycles. The number of nitrogens with one attached hydrogen (secondary N) is 1. The molecule has 0 heterocycles. The standard InChI is InChI=1S/C14H15F3N2O3/c1-8(2)22-11-6-4-3-5-9(11)19-10(13(20)21)7-12(18)14(15,16)17/h3-6,8,18H,7H2,1-2H3,(H,20,21). The molecule has 1 rings (SSSR count). The highest BCUT2D eigenvalue weighted by Crippen LogP contribution is 2.29. The molecule has 120 valence electrons. The predicted molar refractivity (Wildman–Crippen MR) is 75.3 cm³/mol. The van der Waals surface area contributed by atoms with E-state index in [0.717, 1.165) is 0 Å². The number of aliphatic carboxylic acids is 1. The molecule has 0 aliphatic carbocycles. The molecule has 8 heteroatoms.